The van der Waals surface area contributed by atoms with Crippen LogP contribution in [0.15, 0.2) is 60.7 Å². The number of carboxylic acids is 2. The van der Waals surface area contributed by atoms with Crippen molar-refractivity contribution in [3.05, 3.63) is 66.3 Å². The molecule has 7 heteroatoms. The number of ether oxygens (including phenoxy) is 1. The Balaban J connectivity index is 0.000000332. The van der Waals surface area contributed by atoms with Crippen molar-refractivity contribution in [2.75, 3.05) is 0 Å². The van der Waals surface area contributed by atoms with Crippen molar-refractivity contribution in [1.82, 2.24) is 0 Å². The van der Waals surface area contributed by atoms with Gasteiger partial charge in [-0.3, -0.25) is 0 Å². The number of cyclic esters (lactones) is 2. The third kappa shape index (κ3) is 10.3. The van der Waals surface area contributed by atoms with E-state index in [4.69, 9.17) is 10.2 Å². The van der Waals surface area contributed by atoms with Crippen molar-refractivity contribution in [3.63, 3.8) is 0 Å². The SMILES string of the molecule is C/C(=C/C(=O)O)C(=O)O.C=Cc1ccccc1.O=C1C=CC(=O)O1. The molecule has 0 aromatic heterocycles. The van der Waals surface area contributed by atoms with Crippen LogP contribution in [-0.2, 0) is 23.9 Å². The second-order valence-electron chi connectivity index (χ2n) is 4.16. The summed E-state index contributed by atoms with van der Waals surface area (Å²) in [6.07, 6.45) is 4.65. The first-order valence-corrected chi connectivity index (χ1v) is 6.52. The number of aliphatic carboxylic acids is 2. The summed E-state index contributed by atoms with van der Waals surface area (Å²) >= 11 is 0. The van der Waals surface area contributed by atoms with Crippen LogP contribution in [0.5, 0.6) is 0 Å². The minimum atomic E-state index is -1.24. The summed E-state index contributed by atoms with van der Waals surface area (Å²) < 4.78 is 3.97. The van der Waals surface area contributed by atoms with Gasteiger partial charge in [0, 0.05) is 23.8 Å². The number of esters is 2. The highest BCUT2D eigenvalue weighted by atomic mass is 16.6. The fourth-order valence-electron chi connectivity index (χ4n) is 1.14. The molecule has 0 spiro atoms. The molecule has 0 atom stereocenters. The Morgan fingerprint density at radius 3 is 1.75 bits per heavy atom. The fraction of sp³-hybridized carbons (Fsp3) is 0.0588. The van der Waals surface area contributed by atoms with Gasteiger partial charge in [-0.1, -0.05) is 43.0 Å². The van der Waals surface area contributed by atoms with Gasteiger partial charge in [0.25, 0.3) is 0 Å². The molecule has 0 radical (unpaired) electrons. The zero-order chi connectivity index (χ0) is 18.5. The molecule has 1 aliphatic rings. The Labute approximate surface area is 138 Å². The van der Waals surface area contributed by atoms with Crippen LogP contribution in [0.1, 0.15) is 12.5 Å². The number of hydrogen-bond acceptors (Lipinski definition) is 5. The molecular formula is C17H16O7. The summed E-state index contributed by atoms with van der Waals surface area (Å²) in [6.45, 7) is 4.85. The van der Waals surface area contributed by atoms with E-state index in [1.165, 1.54) is 12.5 Å². The molecule has 0 unspecified atom stereocenters. The molecule has 2 rings (SSSR count). The monoisotopic (exact) mass is 332 g/mol. The Morgan fingerprint density at radius 2 is 1.54 bits per heavy atom. The molecule has 126 valence electrons. The topological polar surface area (TPSA) is 118 Å². The van der Waals surface area contributed by atoms with E-state index in [0.717, 1.165) is 12.2 Å². The molecule has 0 saturated carbocycles. The summed E-state index contributed by atoms with van der Waals surface area (Å²) in [6, 6.07) is 10.0. The summed E-state index contributed by atoms with van der Waals surface area (Å²) in [5, 5.41) is 16.1. The first kappa shape index (κ1) is 20.5. The number of benzene rings is 1. The molecule has 1 aromatic rings. The molecule has 1 aliphatic heterocycles. The number of hydrogen-bond donors (Lipinski definition) is 2. The van der Waals surface area contributed by atoms with Crippen molar-refractivity contribution in [2.24, 2.45) is 0 Å². The lowest BCUT2D eigenvalue weighted by Gasteiger charge is -1.86. The molecule has 1 heterocycles. The van der Waals surface area contributed by atoms with E-state index in [9.17, 15) is 19.2 Å². The molecule has 0 fully saturated rings. The highest BCUT2D eigenvalue weighted by Gasteiger charge is 2.10. The van der Waals surface area contributed by atoms with E-state index >= 15 is 0 Å². The molecule has 0 saturated heterocycles. The molecule has 7 nitrogen and oxygen atoms in total. The van der Waals surface area contributed by atoms with E-state index in [1.807, 2.05) is 36.4 Å². The average Bonchev–Trinajstić information content (AvgIpc) is 2.92. The minimum absolute atomic E-state index is 0.178. The third-order valence-electron chi connectivity index (χ3n) is 2.27. The number of carboxylic acid groups (broad SMARTS) is 2. The lowest BCUT2D eigenvalue weighted by molar-refractivity contribution is -0.150. The van der Waals surface area contributed by atoms with Crippen molar-refractivity contribution in [1.29, 1.82) is 0 Å². The largest absolute Gasteiger partial charge is 0.478 e. The van der Waals surface area contributed by atoms with Crippen molar-refractivity contribution < 1.29 is 34.1 Å². The van der Waals surface area contributed by atoms with E-state index in [1.54, 1.807) is 0 Å². The van der Waals surface area contributed by atoms with E-state index < -0.39 is 23.9 Å². The highest BCUT2D eigenvalue weighted by Crippen LogP contribution is 1.97. The lowest BCUT2D eigenvalue weighted by atomic mass is 10.2. The second kappa shape index (κ2) is 11.1. The lowest BCUT2D eigenvalue weighted by Crippen LogP contribution is -1.99. The average molecular weight is 332 g/mol. The Morgan fingerprint density at radius 1 is 1.04 bits per heavy atom. The van der Waals surface area contributed by atoms with Crippen molar-refractivity contribution in [3.8, 4) is 0 Å². The van der Waals surface area contributed by atoms with Gasteiger partial charge in [0.15, 0.2) is 0 Å². The van der Waals surface area contributed by atoms with Gasteiger partial charge < -0.3 is 14.9 Å². The molecule has 24 heavy (non-hydrogen) atoms. The molecule has 0 bridgehead atoms. The van der Waals surface area contributed by atoms with E-state index in [-0.39, 0.29) is 5.57 Å². The maximum absolute atomic E-state index is 9.92. The maximum Gasteiger partial charge on any atom is 0.338 e. The predicted molar refractivity (Wildman–Crippen MR) is 85.8 cm³/mol. The Bertz CT molecular complexity index is 653. The first-order valence-electron chi connectivity index (χ1n) is 6.52. The van der Waals surface area contributed by atoms with Gasteiger partial charge in [-0.15, -0.1) is 0 Å². The van der Waals surface area contributed by atoms with Crippen molar-refractivity contribution >= 4 is 30.0 Å². The quantitative estimate of drug-likeness (QED) is 0.494. The zero-order valence-corrected chi connectivity index (χ0v) is 12.8. The molecule has 2 N–H and O–H groups in total. The van der Waals surface area contributed by atoms with Crippen LogP contribution >= 0.6 is 0 Å². The van der Waals surface area contributed by atoms with Gasteiger partial charge in [0.2, 0.25) is 0 Å². The van der Waals surface area contributed by atoms with Crippen LogP contribution in [-0.4, -0.2) is 34.1 Å². The predicted octanol–water partition coefficient (Wildman–Crippen LogP) is 2.06. The summed E-state index contributed by atoms with van der Waals surface area (Å²) in [4.78, 5) is 39.5. The molecule has 1 aromatic carbocycles. The molecule has 0 amide bonds. The second-order valence-corrected chi connectivity index (χ2v) is 4.16. The van der Waals surface area contributed by atoms with Gasteiger partial charge in [-0.05, 0) is 12.5 Å². The van der Waals surface area contributed by atoms with Gasteiger partial charge >= 0.3 is 23.9 Å². The molecular weight excluding hydrogens is 316 g/mol. The van der Waals surface area contributed by atoms with Crippen LogP contribution in [0.25, 0.3) is 6.08 Å². The van der Waals surface area contributed by atoms with E-state index in [2.05, 4.69) is 11.3 Å². The maximum atomic E-state index is 9.92. The van der Waals surface area contributed by atoms with Crippen LogP contribution in [0, 0.1) is 0 Å². The molecule has 0 aliphatic carbocycles. The van der Waals surface area contributed by atoms with E-state index in [0.29, 0.717) is 6.08 Å². The van der Waals surface area contributed by atoms with Crippen LogP contribution in [0.3, 0.4) is 0 Å². The number of carbonyl (C=O) groups excluding carboxylic acids is 2. The highest BCUT2D eigenvalue weighted by molar-refractivity contribution is 6.04. The Kier molecular flexibility index (Phi) is 9.52. The number of carbonyl (C=O) groups is 4. The fourth-order valence-corrected chi connectivity index (χ4v) is 1.14. The van der Waals surface area contributed by atoms with Gasteiger partial charge in [-0.2, -0.15) is 0 Å². The summed E-state index contributed by atoms with van der Waals surface area (Å²) in [5.74, 6) is -3.61. The standard InChI is InChI=1S/C8H8.C5H6O4.C4H2O3/c1-2-8-6-4-3-5-7-8;1-3(5(8)9)2-4(6)7;5-3-1-2-4(6)7-3/h2-7H,1H2;2H,1H3,(H,6,7)(H,8,9);1-2H/b;3-2-;. The summed E-state index contributed by atoms with van der Waals surface area (Å²) in [5.41, 5.74) is 0.995. The normalized spacial score (nSPS) is 12.1. The van der Waals surface area contributed by atoms with Crippen molar-refractivity contribution in [2.45, 2.75) is 6.92 Å². The van der Waals surface area contributed by atoms with Crippen LogP contribution < -0.4 is 0 Å². The first-order chi connectivity index (χ1) is 11.3. The van der Waals surface area contributed by atoms with Crippen LogP contribution in [0.2, 0.25) is 0 Å². The summed E-state index contributed by atoms with van der Waals surface area (Å²) in [7, 11) is 0. The third-order valence-corrected chi connectivity index (χ3v) is 2.27. The zero-order valence-electron chi connectivity index (χ0n) is 12.8. The van der Waals surface area contributed by atoms with Crippen LogP contribution in [0.4, 0.5) is 0 Å². The Hall–Kier alpha value is -3.48. The smallest absolute Gasteiger partial charge is 0.338 e. The van der Waals surface area contributed by atoms with Gasteiger partial charge in [0.05, 0.1) is 0 Å². The van der Waals surface area contributed by atoms with Gasteiger partial charge in [-0.25, -0.2) is 19.2 Å². The number of rotatable bonds is 3. The minimum Gasteiger partial charge on any atom is -0.478 e. The van der Waals surface area contributed by atoms with Gasteiger partial charge in [0.1, 0.15) is 0 Å².